The third-order valence-electron chi connectivity index (χ3n) is 4.26. The first kappa shape index (κ1) is 12.3. The number of para-hydroxylation sites is 1. The van der Waals surface area contributed by atoms with Gasteiger partial charge < -0.3 is 16.2 Å². The monoisotopic (exact) mass is 261 g/mol. The van der Waals surface area contributed by atoms with Crippen molar-refractivity contribution >= 4 is 17.3 Å². The number of rotatable bonds is 3. The summed E-state index contributed by atoms with van der Waals surface area (Å²) in [6.07, 6.45) is 3.48. The van der Waals surface area contributed by atoms with E-state index in [1.54, 1.807) is 18.2 Å². The molecule has 0 aliphatic carbocycles. The van der Waals surface area contributed by atoms with Gasteiger partial charge >= 0.3 is 5.97 Å². The summed E-state index contributed by atoms with van der Waals surface area (Å²) in [6, 6.07) is 5.87. The van der Waals surface area contributed by atoms with Gasteiger partial charge in [-0.1, -0.05) is 6.07 Å². The molecule has 102 valence electrons. The molecule has 2 unspecified atom stereocenters. The summed E-state index contributed by atoms with van der Waals surface area (Å²) < 4.78 is 0. The normalized spacial score (nSPS) is 26.3. The summed E-state index contributed by atoms with van der Waals surface area (Å²) >= 11 is 0. The van der Waals surface area contributed by atoms with E-state index in [4.69, 9.17) is 5.73 Å². The first-order valence-corrected chi connectivity index (χ1v) is 6.79. The number of hydrogen-bond donors (Lipinski definition) is 3. The van der Waals surface area contributed by atoms with Crippen LogP contribution in [0.5, 0.6) is 0 Å². The molecular weight excluding hydrogens is 242 g/mol. The number of carbonyl (C=O) groups is 1. The Morgan fingerprint density at radius 1 is 1.37 bits per heavy atom. The molecule has 2 saturated heterocycles. The minimum atomic E-state index is -0.934. The predicted octanol–water partition coefficient (Wildman–Crippen LogP) is 1.62. The lowest BCUT2D eigenvalue weighted by atomic mass is 10.0. The van der Waals surface area contributed by atoms with Gasteiger partial charge in [-0.2, -0.15) is 0 Å². The van der Waals surface area contributed by atoms with Crippen LogP contribution in [0.15, 0.2) is 18.2 Å². The summed E-state index contributed by atoms with van der Waals surface area (Å²) in [5.74, 6) is -0.934. The number of nitrogens with one attached hydrogen (secondary N) is 1. The molecule has 0 radical (unpaired) electrons. The molecule has 0 saturated carbocycles. The zero-order valence-electron chi connectivity index (χ0n) is 10.8. The highest BCUT2D eigenvalue weighted by atomic mass is 16.4. The second kappa shape index (κ2) is 4.74. The van der Waals surface area contributed by atoms with Crippen LogP contribution in [0.3, 0.4) is 0 Å². The molecule has 1 aromatic carbocycles. The van der Waals surface area contributed by atoms with Crippen LogP contribution < -0.4 is 11.1 Å². The van der Waals surface area contributed by atoms with E-state index in [1.165, 1.54) is 19.4 Å². The average molecular weight is 261 g/mol. The van der Waals surface area contributed by atoms with Gasteiger partial charge in [0.15, 0.2) is 0 Å². The van der Waals surface area contributed by atoms with Crippen molar-refractivity contribution in [3.05, 3.63) is 23.8 Å². The van der Waals surface area contributed by atoms with Crippen molar-refractivity contribution < 1.29 is 9.90 Å². The van der Waals surface area contributed by atoms with Crippen molar-refractivity contribution in [1.29, 1.82) is 0 Å². The molecular formula is C14H19N3O2. The number of aromatic carboxylic acids is 1. The van der Waals surface area contributed by atoms with E-state index >= 15 is 0 Å². The molecule has 3 rings (SSSR count). The average Bonchev–Trinajstić information content (AvgIpc) is 2.95. The molecule has 1 aromatic rings. The van der Waals surface area contributed by atoms with Gasteiger partial charge in [-0.15, -0.1) is 0 Å². The Hall–Kier alpha value is -1.75. The Labute approximate surface area is 112 Å². The van der Waals surface area contributed by atoms with Crippen LogP contribution >= 0.6 is 0 Å². The van der Waals surface area contributed by atoms with Crippen LogP contribution in [0.1, 0.15) is 29.6 Å². The fraction of sp³-hybridized carbons (Fsp3) is 0.500. The number of nitrogens with two attached hydrogens (primary N) is 1. The van der Waals surface area contributed by atoms with Crippen molar-refractivity contribution in [2.45, 2.75) is 31.3 Å². The lowest BCUT2D eigenvalue weighted by Crippen LogP contribution is -2.34. The second-order valence-corrected chi connectivity index (χ2v) is 5.36. The Balaban J connectivity index is 1.85. The van der Waals surface area contributed by atoms with Crippen molar-refractivity contribution in [2.75, 3.05) is 24.1 Å². The molecule has 2 atom stereocenters. The van der Waals surface area contributed by atoms with E-state index in [2.05, 4.69) is 10.2 Å². The fourth-order valence-electron chi connectivity index (χ4n) is 3.35. The summed E-state index contributed by atoms with van der Waals surface area (Å²) in [4.78, 5) is 13.8. The van der Waals surface area contributed by atoms with Crippen molar-refractivity contribution in [2.24, 2.45) is 0 Å². The maximum absolute atomic E-state index is 11.3. The zero-order chi connectivity index (χ0) is 13.4. The van der Waals surface area contributed by atoms with E-state index in [0.29, 0.717) is 23.5 Å². The number of carboxylic acids is 1. The Kier molecular flexibility index (Phi) is 3.06. The van der Waals surface area contributed by atoms with Crippen LogP contribution in [-0.4, -0.2) is 41.1 Å². The van der Waals surface area contributed by atoms with Gasteiger partial charge in [-0.05, 0) is 37.9 Å². The van der Waals surface area contributed by atoms with Gasteiger partial charge in [0, 0.05) is 18.6 Å². The highest BCUT2D eigenvalue weighted by Gasteiger charge is 2.37. The third-order valence-corrected chi connectivity index (χ3v) is 4.26. The summed E-state index contributed by atoms with van der Waals surface area (Å²) in [5, 5.41) is 12.6. The van der Waals surface area contributed by atoms with Crippen LogP contribution in [0, 0.1) is 0 Å². The highest BCUT2D eigenvalue weighted by molar-refractivity contribution is 5.97. The fourth-order valence-corrected chi connectivity index (χ4v) is 3.35. The molecule has 0 aromatic heterocycles. The standard InChI is InChI=1S/C14H19N3O2/c15-10-4-1-3-9(14(18)19)13(10)16-11-6-8-17-7-2-5-12(11)17/h1,3-4,11-12,16H,2,5-8,15H2,(H,18,19). The largest absolute Gasteiger partial charge is 0.478 e. The minimum absolute atomic E-state index is 0.261. The smallest absolute Gasteiger partial charge is 0.337 e. The Bertz CT molecular complexity index is 503. The minimum Gasteiger partial charge on any atom is -0.478 e. The SMILES string of the molecule is Nc1cccc(C(=O)O)c1NC1CCN2CCCC12. The summed E-state index contributed by atoms with van der Waals surface area (Å²) in [5.41, 5.74) is 7.28. The number of anilines is 2. The number of nitrogen functional groups attached to an aromatic ring is 1. The number of benzene rings is 1. The van der Waals surface area contributed by atoms with Gasteiger partial charge in [0.05, 0.1) is 16.9 Å². The van der Waals surface area contributed by atoms with Gasteiger partial charge in [0.25, 0.3) is 0 Å². The van der Waals surface area contributed by atoms with Gasteiger partial charge in [0.2, 0.25) is 0 Å². The Morgan fingerprint density at radius 3 is 3.00 bits per heavy atom. The molecule has 0 spiro atoms. The van der Waals surface area contributed by atoms with Crippen LogP contribution in [0.4, 0.5) is 11.4 Å². The van der Waals surface area contributed by atoms with Crippen LogP contribution in [-0.2, 0) is 0 Å². The van der Waals surface area contributed by atoms with E-state index < -0.39 is 5.97 Å². The van der Waals surface area contributed by atoms with Gasteiger partial charge in [-0.3, -0.25) is 4.90 Å². The molecule has 19 heavy (non-hydrogen) atoms. The second-order valence-electron chi connectivity index (χ2n) is 5.36. The van der Waals surface area contributed by atoms with E-state index in [0.717, 1.165) is 13.0 Å². The number of hydrogen-bond acceptors (Lipinski definition) is 4. The molecule has 0 bridgehead atoms. The maximum Gasteiger partial charge on any atom is 0.337 e. The van der Waals surface area contributed by atoms with Crippen molar-refractivity contribution in [3.63, 3.8) is 0 Å². The maximum atomic E-state index is 11.3. The molecule has 5 heteroatoms. The molecule has 2 fully saturated rings. The lowest BCUT2D eigenvalue weighted by molar-refractivity contribution is 0.0698. The van der Waals surface area contributed by atoms with E-state index in [9.17, 15) is 9.90 Å². The first-order chi connectivity index (χ1) is 9.16. The lowest BCUT2D eigenvalue weighted by Gasteiger charge is -2.23. The molecule has 2 aliphatic heterocycles. The number of nitrogens with zero attached hydrogens (tertiary/aromatic N) is 1. The quantitative estimate of drug-likeness (QED) is 0.721. The topological polar surface area (TPSA) is 78.6 Å². The zero-order valence-corrected chi connectivity index (χ0v) is 10.8. The Morgan fingerprint density at radius 2 is 2.21 bits per heavy atom. The number of fused-ring (bicyclic) bond motifs is 1. The van der Waals surface area contributed by atoms with E-state index in [-0.39, 0.29) is 5.56 Å². The van der Waals surface area contributed by atoms with Crippen LogP contribution in [0.25, 0.3) is 0 Å². The van der Waals surface area contributed by atoms with Crippen molar-refractivity contribution in [1.82, 2.24) is 4.90 Å². The van der Waals surface area contributed by atoms with Crippen molar-refractivity contribution in [3.8, 4) is 0 Å². The molecule has 5 nitrogen and oxygen atoms in total. The molecule has 2 heterocycles. The predicted molar refractivity (Wildman–Crippen MR) is 74.4 cm³/mol. The van der Waals surface area contributed by atoms with E-state index in [1.807, 2.05) is 0 Å². The molecule has 0 amide bonds. The summed E-state index contributed by atoms with van der Waals surface area (Å²) in [7, 11) is 0. The number of carboxylic acid groups (broad SMARTS) is 1. The molecule has 4 N–H and O–H groups in total. The first-order valence-electron chi connectivity index (χ1n) is 6.79. The van der Waals surface area contributed by atoms with Crippen LogP contribution in [0.2, 0.25) is 0 Å². The van der Waals surface area contributed by atoms with Gasteiger partial charge in [0.1, 0.15) is 0 Å². The van der Waals surface area contributed by atoms with Gasteiger partial charge in [-0.25, -0.2) is 4.79 Å². The highest BCUT2D eigenvalue weighted by Crippen LogP contribution is 2.32. The summed E-state index contributed by atoms with van der Waals surface area (Å²) in [6.45, 7) is 2.26. The molecule has 2 aliphatic rings. The third kappa shape index (κ3) is 2.14.